The zero-order valence-electron chi connectivity index (χ0n) is 20.4. The Kier molecular flexibility index (Phi) is 9.61. The summed E-state index contributed by atoms with van der Waals surface area (Å²) in [7, 11) is 0. The number of aliphatic hydroxyl groups is 1. The van der Waals surface area contributed by atoms with E-state index < -0.39 is 30.6 Å². The summed E-state index contributed by atoms with van der Waals surface area (Å²) < 4.78 is 24.6. The fourth-order valence-corrected chi connectivity index (χ4v) is 4.24. The predicted molar refractivity (Wildman–Crippen MR) is 135 cm³/mol. The van der Waals surface area contributed by atoms with Crippen molar-refractivity contribution in [3.8, 4) is 0 Å². The van der Waals surface area contributed by atoms with E-state index in [0.29, 0.717) is 13.2 Å². The Bertz CT molecular complexity index is 1050. The van der Waals surface area contributed by atoms with Gasteiger partial charge in [-0.25, -0.2) is 0 Å². The molecule has 2 N–H and O–H groups in total. The minimum absolute atomic E-state index is 0.184. The SMILES string of the molecule is CC(=O)NC1[C@@H](O)OC(COCc2ccccc2)[C@@H](OCc2ccccc2)[C@H]1OCc1ccccc1. The van der Waals surface area contributed by atoms with E-state index in [2.05, 4.69) is 5.32 Å². The summed E-state index contributed by atoms with van der Waals surface area (Å²) in [6.45, 7) is 2.58. The lowest BCUT2D eigenvalue weighted by atomic mass is 9.96. The molecule has 7 heteroatoms. The molecule has 4 rings (SSSR count). The van der Waals surface area contributed by atoms with Crippen LogP contribution in [0.5, 0.6) is 0 Å². The van der Waals surface area contributed by atoms with Crippen molar-refractivity contribution < 1.29 is 28.8 Å². The summed E-state index contributed by atoms with van der Waals surface area (Å²) >= 11 is 0. The lowest BCUT2D eigenvalue weighted by molar-refractivity contribution is -0.277. The van der Waals surface area contributed by atoms with Gasteiger partial charge in [0.15, 0.2) is 6.29 Å². The molecule has 0 saturated carbocycles. The first-order valence-electron chi connectivity index (χ1n) is 12.1. The topological polar surface area (TPSA) is 86.3 Å². The third-order valence-electron chi connectivity index (χ3n) is 6.00. The van der Waals surface area contributed by atoms with E-state index in [-0.39, 0.29) is 19.1 Å². The maximum absolute atomic E-state index is 12.0. The van der Waals surface area contributed by atoms with Crippen molar-refractivity contribution in [2.24, 2.45) is 0 Å². The summed E-state index contributed by atoms with van der Waals surface area (Å²) in [6, 6.07) is 28.6. The third kappa shape index (κ3) is 7.46. The Hall–Kier alpha value is -3.07. The number of aliphatic hydroxyl groups excluding tert-OH is 1. The molecular formula is C29H33NO6. The molecule has 5 atom stereocenters. The highest BCUT2D eigenvalue weighted by Gasteiger charge is 2.47. The number of hydrogen-bond donors (Lipinski definition) is 2. The van der Waals surface area contributed by atoms with Crippen LogP contribution in [0.15, 0.2) is 91.0 Å². The molecule has 190 valence electrons. The van der Waals surface area contributed by atoms with Crippen LogP contribution in [0.4, 0.5) is 0 Å². The normalized spacial score (nSPS) is 23.8. The minimum atomic E-state index is -1.28. The molecule has 0 aromatic heterocycles. The van der Waals surface area contributed by atoms with Gasteiger partial charge in [0.25, 0.3) is 0 Å². The molecule has 3 aromatic rings. The standard InChI is InChI=1S/C29H33NO6/c1-21(31)30-26-28(35-19-24-15-9-4-10-16-24)27(34-18-23-13-7-3-8-14-23)25(36-29(26)32)20-33-17-22-11-5-2-6-12-22/h2-16,25-29,32H,17-20H2,1H3,(H,30,31)/t25?,26?,27-,28+,29+/m1/s1. The molecule has 1 amide bonds. The average Bonchev–Trinajstić information content (AvgIpc) is 2.90. The van der Waals surface area contributed by atoms with Gasteiger partial charge in [0.1, 0.15) is 24.4 Å². The largest absolute Gasteiger partial charge is 0.374 e. The van der Waals surface area contributed by atoms with Gasteiger partial charge in [0.05, 0.1) is 26.4 Å². The van der Waals surface area contributed by atoms with Crippen LogP contribution in [-0.2, 0) is 43.6 Å². The summed E-state index contributed by atoms with van der Waals surface area (Å²) in [5.41, 5.74) is 2.99. The molecule has 36 heavy (non-hydrogen) atoms. The number of hydrogen-bond acceptors (Lipinski definition) is 6. The number of rotatable bonds is 11. The van der Waals surface area contributed by atoms with Gasteiger partial charge in [-0.05, 0) is 16.7 Å². The van der Waals surface area contributed by atoms with Crippen LogP contribution in [0.25, 0.3) is 0 Å². The zero-order chi connectivity index (χ0) is 25.2. The van der Waals surface area contributed by atoms with E-state index in [4.69, 9.17) is 18.9 Å². The summed E-state index contributed by atoms with van der Waals surface area (Å²) in [5, 5.41) is 13.6. The second-order valence-corrected chi connectivity index (χ2v) is 8.81. The first-order valence-corrected chi connectivity index (χ1v) is 12.1. The van der Waals surface area contributed by atoms with E-state index in [9.17, 15) is 9.90 Å². The predicted octanol–water partition coefficient (Wildman–Crippen LogP) is 3.60. The Morgan fingerprint density at radius 2 is 1.25 bits per heavy atom. The van der Waals surface area contributed by atoms with Crippen LogP contribution in [-0.4, -0.2) is 48.3 Å². The molecule has 3 aromatic carbocycles. The highest BCUT2D eigenvalue weighted by Crippen LogP contribution is 2.27. The first-order chi connectivity index (χ1) is 17.6. The molecule has 0 aliphatic carbocycles. The zero-order valence-corrected chi connectivity index (χ0v) is 20.4. The Morgan fingerprint density at radius 1 is 0.778 bits per heavy atom. The van der Waals surface area contributed by atoms with Crippen LogP contribution in [0.2, 0.25) is 0 Å². The molecule has 1 saturated heterocycles. The molecule has 7 nitrogen and oxygen atoms in total. The van der Waals surface area contributed by atoms with Crippen molar-refractivity contribution in [1.82, 2.24) is 5.32 Å². The van der Waals surface area contributed by atoms with Crippen molar-refractivity contribution in [1.29, 1.82) is 0 Å². The first kappa shape index (κ1) is 26.0. The molecule has 1 aliphatic heterocycles. The van der Waals surface area contributed by atoms with Crippen LogP contribution in [0.1, 0.15) is 23.6 Å². The highest BCUT2D eigenvalue weighted by molar-refractivity contribution is 5.73. The molecule has 0 bridgehead atoms. The summed E-state index contributed by atoms with van der Waals surface area (Å²) in [6.07, 6.45) is -3.17. The van der Waals surface area contributed by atoms with E-state index >= 15 is 0 Å². The van der Waals surface area contributed by atoms with Crippen LogP contribution >= 0.6 is 0 Å². The number of amides is 1. The van der Waals surface area contributed by atoms with Crippen LogP contribution < -0.4 is 5.32 Å². The third-order valence-corrected chi connectivity index (χ3v) is 6.00. The Balaban J connectivity index is 1.53. The van der Waals surface area contributed by atoms with Gasteiger partial charge >= 0.3 is 0 Å². The molecule has 0 spiro atoms. The number of ether oxygens (including phenoxy) is 4. The fraction of sp³-hybridized carbons (Fsp3) is 0.345. The number of carbonyl (C=O) groups is 1. The fourth-order valence-electron chi connectivity index (χ4n) is 4.24. The number of carbonyl (C=O) groups excluding carboxylic acids is 1. The Labute approximate surface area is 212 Å². The lowest BCUT2D eigenvalue weighted by Crippen LogP contribution is -2.65. The van der Waals surface area contributed by atoms with Crippen molar-refractivity contribution >= 4 is 5.91 Å². The van der Waals surface area contributed by atoms with Crippen LogP contribution in [0.3, 0.4) is 0 Å². The van der Waals surface area contributed by atoms with Gasteiger partial charge in [-0.1, -0.05) is 91.0 Å². The van der Waals surface area contributed by atoms with E-state index in [1.54, 1.807) is 0 Å². The quantitative estimate of drug-likeness (QED) is 0.426. The maximum Gasteiger partial charge on any atom is 0.217 e. The van der Waals surface area contributed by atoms with Crippen LogP contribution in [0, 0.1) is 0 Å². The summed E-state index contributed by atoms with van der Waals surface area (Å²) in [4.78, 5) is 12.0. The van der Waals surface area contributed by atoms with Crippen molar-refractivity contribution in [2.75, 3.05) is 6.61 Å². The van der Waals surface area contributed by atoms with Gasteiger partial charge in [-0.3, -0.25) is 4.79 Å². The molecular weight excluding hydrogens is 458 g/mol. The van der Waals surface area contributed by atoms with Gasteiger partial charge in [-0.15, -0.1) is 0 Å². The second-order valence-electron chi connectivity index (χ2n) is 8.81. The van der Waals surface area contributed by atoms with E-state index in [0.717, 1.165) is 16.7 Å². The van der Waals surface area contributed by atoms with Crippen molar-refractivity contribution in [3.05, 3.63) is 108 Å². The number of nitrogens with one attached hydrogen (secondary N) is 1. The van der Waals surface area contributed by atoms with Crippen molar-refractivity contribution in [2.45, 2.75) is 57.4 Å². The van der Waals surface area contributed by atoms with Gasteiger partial charge < -0.3 is 29.4 Å². The van der Waals surface area contributed by atoms with E-state index in [1.807, 2.05) is 91.0 Å². The Morgan fingerprint density at radius 3 is 1.75 bits per heavy atom. The average molecular weight is 492 g/mol. The molecule has 1 fully saturated rings. The smallest absolute Gasteiger partial charge is 0.217 e. The van der Waals surface area contributed by atoms with Gasteiger partial charge in [0, 0.05) is 6.92 Å². The van der Waals surface area contributed by atoms with Gasteiger partial charge in [-0.2, -0.15) is 0 Å². The minimum Gasteiger partial charge on any atom is -0.374 e. The molecule has 1 aliphatic rings. The molecule has 0 radical (unpaired) electrons. The molecule has 1 heterocycles. The summed E-state index contributed by atoms with van der Waals surface area (Å²) in [5.74, 6) is -0.295. The maximum atomic E-state index is 12.0. The van der Waals surface area contributed by atoms with Gasteiger partial charge in [0.2, 0.25) is 5.91 Å². The number of benzene rings is 3. The molecule has 2 unspecified atom stereocenters. The highest BCUT2D eigenvalue weighted by atomic mass is 16.7. The monoisotopic (exact) mass is 491 g/mol. The van der Waals surface area contributed by atoms with E-state index in [1.165, 1.54) is 6.92 Å². The lowest BCUT2D eigenvalue weighted by Gasteiger charge is -2.44. The second kappa shape index (κ2) is 13.3. The van der Waals surface area contributed by atoms with Crippen molar-refractivity contribution in [3.63, 3.8) is 0 Å².